The largest absolute Gasteiger partial charge is 0.314 e. The number of hydrogen-bond donors (Lipinski definition) is 1. The molecule has 0 saturated carbocycles. The highest BCUT2D eigenvalue weighted by molar-refractivity contribution is 4.78. The van der Waals surface area contributed by atoms with Crippen molar-refractivity contribution >= 4 is 0 Å². The minimum atomic E-state index is 0.241. The molecule has 0 radical (unpaired) electrons. The van der Waals surface area contributed by atoms with Gasteiger partial charge in [-0.25, -0.2) is 0 Å². The van der Waals surface area contributed by atoms with E-state index < -0.39 is 0 Å². The standard InChI is InChI=1S/C9H20N2O/c1-9(2,3)10-5-4-6-11(12)8-7-10/h12H,4-8H2,1-3H3. The Morgan fingerprint density at radius 2 is 1.67 bits per heavy atom. The van der Waals surface area contributed by atoms with Crippen LogP contribution in [0.1, 0.15) is 27.2 Å². The fourth-order valence-corrected chi connectivity index (χ4v) is 1.57. The van der Waals surface area contributed by atoms with Gasteiger partial charge >= 0.3 is 0 Å². The normalized spacial score (nSPS) is 24.0. The van der Waals surface area contributed by atoms with Gasteiger partial charge in [-0.1, -0.05) is 0 Å². The van der Waals surface area contributed by atoms with Gasteiger partial charge in [-0.3, -0.25) is 4.90 Å². The fraction of sp³-hybridized carbons (Fsp3) is 1.00. The van der Waals surface area contributed by atoms with E-state index in [1.807, 2.05) is 0 Å². The molecule has 0 aromatic rings. The van der Waals surface area contributed by atoms with Crippen molar-refractivity contribution in [2.24, 2.45) is 0 Å². The molecule has 0 aliphatic carbocycles. The molecule has 72 valence electrons. The molecule has 0 atom stereocenters. The van der Waals surface area contributed by atoms with Gasteiger partial charge in [0.25, 0.3) is 0 Å². The van der Waals surface area contributed by atoms with Crippen molar-refractivity contribution < 1.29 is 5.21 Å². The lowest BCUT2D eigenvalue weighted by molar-refractivity contribution is -0.0874. The van der Waals surface area contributed by atoms with Crippen LogP contribution < -0.4 is 0 Å². The monoisotopic (exact) mass is 172 g/mol. The average Bonchev–Trinajstić information content (AvgIpc) is 2.11. The van der Waals surface area contributed by atoms with Crippen LogP contribution in [0.5, 0.6) is 0 Å². The number of rotatable bonds is 0. The highest BCUT2D eigenvalue weighted by Crippen LogP contribution is 2.15. The molecule has 1 aliphatic heterocycles. The molecule has 0 aromatic heterocycles. The Kier molecular flexibility index (Phi) is 3.09. The average molecular weight is 172 g/mol. The van der Waals surface area contributed by atoms with Gasteiger partial charge in [0, 0.05) is 31.7 Å². The summed E-state index contributed by atoms with van der Waals surface area (Å²) < 4.78 is 0. The van der Waals surface area contributed by atoms with Crippen molar-refractivity contribution in [1.29, 1.82) is 0 Å². The molecular formula is C9H20N2O. The Labute approximate surface area is 74.9 Å². The molecule has 0 bridgehead atoms. The molecule has 3 nitrogen and oxygen atoms in total. The maximum atomic E-state index is 9.28. The van der Waals surface area contributed by atoms with Gasteiger partial charge < -0.3 is 5.21 Å². The van der Waals surface area contributed by atoms with Gasteiger partial charge in [0.1, 0.15) is 0 Å². The number of hydrogen-bond acceptors (Lipinski definition) is 3. The molecule has 1 saturated heterocycles. The Morgan fingerprint density at radius 1 is 1.00 bits per heavy atom. The van der Waals surface area contributed by atoms with Gasteiger partial charge in [0.2, 0.25) is 0 Å². The van der Waals surface area contributed by atoms with Crippen LogP contribution in [0.3, 0.4) is 0 Å². The molecule has 0 spiro atoms. The summed E-state index contributed by atoms with van der Waals surface area (Å²) in [4.78, 5) is 2.42. The predicted octanol–water partition coefficient (Wildman–Crippen LogP) is 1.18. The van der Waals surface area contributed by atoms with E-state index in [4.69, 9.17) is 0 Å². The summed E-state index contributed by atoms with van der Waals surface area (Å²) in [6.07, 6.45) is 1.06. The molecular weight excluding hydrogens is 152 g/mol. The summed E-state index contributed by atoms with van der Waals surface area (Å²) in [5.41, 5.74) is 0.241. The zero-order valence-corrected chi connectivity index (χ0v) is 8.38. The quantitative estimate of drug-likeness (QED) is 0.594. The third-order valence-corrected chi connectivity index (χ3v) is 2.42. The second-order valence-corrected chi connectivity index (χ2v) is 4.47. The van der Waals surface area contributed by atoms with Crippen molar-refractivity contribution in [2.45, 2.75) is 32.7 Å². The minimum Gasteiger partial charge on any atom is -0.314 e. The summed E-state index contributed by atoms with van der Waals surface area (Å²) in [6, 6.07) is 0. The van der Waals surface area contributed by atoms with Crippen LogP contribution >= 0.6 is 0 Å². The number of nitrogens with zero attached hydrogens (tertiary/aromatic N) is 2. The molecule has 1 heterocycles. The first kappa shape index (κ1) is 9.96. The van der Waals surface area contributed by atoms with Crippen molar-refractivity contribution in [1.82, 2.24) is 9.96 Å². The van der Waals surface area contributed by atoms with Crippen LogP contribution in [0.2, 0.25) is 0 Å². The second-order valence-electron chi connectivity index (χ2n) is 4.47. The van der Waals surface area contributed by atoms with Gasteiger partial charge in [-0.15, -0.1) is 0 Å². The van der Waals surface area contributed by atoms with Crippen LogP contribution in [0.25, 0.3) is 0 Å². The lowest BCUT2D eigenvalue weighted by Gasteiger charge is -2.34. The van der Waals surface area contributed by atoms with Gasteiger partial charge in [0.05, 0.1) is 0 Å². The zero-order valence-electron chi connectivity index (χ0n) is 8.38. The van der Waals surface area contributed by atoms with Crippen molar-refractivity contribution in [3.8, 4) is 0 Å². The summed E-state index contributed by atoms with van der Waals surface area (Å²) in [7, 11) is 0. The highest BCUT2D eigenvalue weighted by Gasteiger charge is 2.23. The maximum absolute atomic E-state index is 9.28. The van der Waals surface area contributed by atoms with Crippen molar-refractivity contribution in [3.05, 3.63) is 0 Å². The van der Waals surface area contributed by atoms with E-state index in [2.05, 4.69) is 25.7 Å². The van der Waals surface area contributed by atoms with E-state index in [9.17, 15) is 5.21 Å². The van der Waals surface area contributed by atoms with Crippen LogP contribution in [0.4, 0.5) is 0 Å². The maximum Gasteiger partial charge on any atom is 0.0366 e. The molecule has 1 fully saturated rings. The van der Waals surface area contributed by atoms with E-state index in [1.54, 1.807) is 0 Å². The molecule has 1 N–H and O–H groups in total. The van der Waals surface area contributed by atoms with Crippen LogP contribution in [-0.2, 0) is 0 Å². The SMILES string of the molecule is CC(C)(C)N1CCCN(O)CC1. The second kappa shape index (κ2) is 3.73. The first-order valence-corrected chi connectivity index (χ1v) is 4.69. The van der Waals surface area contributed by atoms with Crippen LogP contribution in [-0.4, -0.2) is 46.9 Å². The minimum absolute atomic E-state index is 0.241. The Bertz CT molecular complexity index is 142. The topological polar surface area (TPSA) is 26.7 Å². The fourth-order valence-electron chi connectivity index (χ4n) is 1.57. The Balaban J connectivity index is 2.46. The van der Waals surface area contributed by atoms with E-state index in [0.29, 0.717) is 0 Å². The molecule has 3 heteroatoms. The molecule has 0 aromatic carbocycles. The lowest BCUT2D eigenvalue weighted by Crippen LogP contribution is -2.43. The van der Waals surface area contributed by atoms with E-state index in [1.165, 1.54) is 5.06 Å². The summed E-state index contributed by atoms with van der Waals surface area (Å²) in [5.74, 6) is 0. The third-order valence-electron chi connectivity index (χ3n) is 2.42. The highest BCUT2D eigenvalue weighted by atomic mass is 16.5. The summed E-state index contributed by atoms with van der Waals surface area (Å²) >= 11 is 0. The lowest BCUT2D eigenvalue weighted by atomic mass is 10.1. The molecule has 12 heavy (non-hydrogen) atoms. The predicted molar refractivity (Wildman–Crippen MR) is 49.3 cm³/mol. The molecule has 1 rings (SSSR count). The molecule has 0 amide bonds. The smallest absolute Gasteiger partial charge is 0.0366 e. The van der Waals surface area contributed by atoms with E-state index >= 15 is 0 Å². The van der Waals surface area contributed by atoms with Gasteiger partial charge in [0.15, 0.2) is 0 Å². The van der Waals surface area contributed by atoms with Gasteiger partial charge in [-0.05, 0) is 27.2 Å². The van der Waals surface area contributed by atoms with E-state index in [-0.39, 0.29) is 5.54 Å². The molecule has 1 aliphatic rings. The van der Waals surface area contributed by atoms with Crippen LogP contribution in [0, 0.1) is 0 Å². The van der Waals surface area contributed by atoms with Crippen molar-refractivity contribution in [3.63, 3.8) is 0 Å². The van der Waals surface area contributed by atoms with Gasteiger partial charge in [-0.2, -0.15) is 5.06 Å². The zero-order chi connectivity index (χ0) is 9.19. The van der Waals surface area contributed by atoms with Crippen LogP contribution in [0.15, 0.2) is 0 Å². The Morgan fingerprint density at radius 3 is 2.25 bits per heavy atom. The summed E-state index contributed by atoms with van der Waals surface area (Å²) in [6.45, 7) is 10.3. The van der Waals surface area contributed by atoms with Crippen molar-refractivity contribution in [2.75, 3.05) is 26.2 Å². The first-order chi connectivity index (χ1) is 5.50. The number of hydroxylamine groups is 2. The van der Waals surface area contributed by atoms with E-state index in [0.717, 1.165) is 32.6 Å². The Hall–Kier alpha value is -0.120. The third kappa shape index (κ3) is 2.73. The first-order valence-electron chi connectivity index (χ1n) is 4.69. The molecule has 0 unspecified atom stereocenters. The summed E-state index contributed by atoms with van der Waals surface area (Å²) in [5, 5.41) is 10.7.